The van der Waals surface area contributed by atoms with Crippen LogP contribution in [0.3, 0.4) is 0 Å². The number of hydrogen-bond acceptors (Lipinski definition) is 5. The van der Waals surface area contributed by atoms with Gasteiger partial charge in [0.05, 0.1) is 5.60 Å². The molecule has 2 aliphatic rings. The molecule has 1 N–H and O–H groups in total. The van der Waals surface area contributed by atoms with Crippen LogP contribution in [0.1, 0.15) is 58.4 Å². The number of piperidine rings is 2. The fourth-order valence-electron chi connectivity index (χ4n) is 3.96. The third kappa shape index (κ3) is 4.80. The summed E-state index contributed by atoms with van der Waals surface area (Å²) in [5.74, 6) is -0.319. The van der Waals surface area contributed by atoms with Gasteiger partial charge in [-0.05, 0) is 68.5 Å². The molecule has 25 heavy (non-hydrogen) atoms. The van der Waals surface area contributed by atoms with Crippen molar-refractivity contribution in [3.8, 4) is 0 Å². The maximum absolute atomic E-state index is 12.2. The van der Waals surface area contributed by atoms with Gasteiger partial charge in [-0.25, -0.2) is 9.78 Å². The first-order valence-corrected chi connectivity index (χ1v) is 9.79. The highest BCUT2D eigenvalue weighted by atomic mass is 79.9. The van der Waals surface area contributed by atoms with Gasteiger partial charge < -0.3 is 14.8 Å². The van der Waals surface area contributed by atoms with Gasteiger partial charge in [-0.2, -0.15) is 0 Å². The van der Waals surface area contributed by atoms with E-state index in [0.29, 0.717) is 12.1 Å². The summed E-state index contributed by atoms with van der Waals surface area (Å²) in [5, 5.41) is 3.69. The van der Waals surface area contributed by atoms with Crippen LogP contribution in [0.2, 0.25) is 0 Å². The summed E-state index contributed by atoms with van der Waals surface area (Å²) >= 11 is 3.39. The quantitative estimate of drug-likeness (QED) is 0.605. The number of pyridine rings is 1. The number of carbonyl (C=O) groups is 1. The monoisotopic (exact) mass is 410 g/mol. The summed E-state index contributed by atoms with van der Waals surface area (Å²) < 4.78 is 12.5. The smallest absolute Gasteiger partial charge is 0.332 e. The maximum atomic E-state index is 12.2. The van der Waals surface area contributed by atoms with Crippen molar-refractivity contribution in [1.82, 2.24) is 10.3 Å². The predicted molar refractivity (Wildman–Crippen MR) is 99.2 cm³/mol. The van der Waals surface area contributed by atoms with E-state index in [4.69, 9.17) is 9.47 Å². The van der Waals surface area contributed by atoms with Crippen LogP contribution in [0.15, 0.2) is 22.9 Å². The third-order valence-corrected chi connectivity index (χ3v) is 5.34. The van der Waals surface area contributed by atoms with Crippen LogP contribution >= 0.6 is 15.9 Å². The molecule has 0 spiro atoms. The molecule has 0 aromatic carbocycles. The van der Waals surface area contributed by atoms with Crippen LogP contribution in [0.4, 0.5) is 0 Å². The number of halogens is 1. The summed E-state index contributed by atoms with van der Waals surface area (Å²) in [6.45, 7) is 5.57. The lowest BCUT2D eigenvalue weighted by Gasteiger charge is -2.47. The van der Waals surface area contributed by atoms with Crippen LogP contribution in [0, 0.1) is 0 Å². The zero-order valence-corrected chi connectivity index (χ0v) is 16.8. The van der Waals surface area contributed by atoms with Crippen molar-refractivity contribution in [2.75, 3.05) is 6.61 Å². The largest absolute Gasteiger partial charge is 0.458 e. The molecule has 1 aromatic heterocycles. The summed E-state index contributed by atoms with van der Waals surface area (Å²) in [6, 6.07) is 4.84. The molecule has 138 valence electrons. The lowest BCUT2D eigenvalue weighted by molar-refractivity contribution is -0.172. The Labute approximate surface area is 158 Å². The third-order valence-electron chi connectivity index (χ3n) is 4.87. The molecule has 1 aromatic rings. The number of nitrogens with one attached hydrogen (secondary N) is 1. The van der Waals surface area contributed by atoms with E-state index in [9.17, 15) is 4.79 Å². The van der Waals surface area contributed by atoms with Crippen molar-refractivity contribution in [3.05, 3.63) is 28.5 Å². The van der Waals surface area contributed by atoms with Gasteiger partial charge in [0.2, 0.25) is 0 Å². The van der Waals surface area contributed by atoms with Crippen LogP contribution < -0.4 is 5.32 Å². The summed E-state index contributed by atoms with van der Waals surface area (Å²) in [7, 11) is 0. The van der Waals surface area contributed by atoms with Crippen LogP contribution in [0.25, 0.3) is 0 Å². The zero-order chi connectivity index (χ0) is 18.1. The van der Waals surface area contributed by atoms with E-state index in [1.807, 2.05) is 39.1 Å². The van der Waals surface area contributed by atoms with Crippen LogP contribution in [-0.4, -0.2) is 35.2 Å². The number of nitrogens with zero attached hydrogens (tertiary/aromatic N) is 1. The highest BCUT2D eigenvalue weighted by Gasteiger charge is 2.44. The minimum atomic E-state index is -0.503. The number of fused-ring (bicyclic) bond motifs is 2. The number of esters is 1. The lowest BCUT2D eigenvalue weighted by Crippen LogP contribution is -2.55. The van der Waals surface area contributed by atoms with E-state index in [0.717, 1.165) is 35.8 Å². The van der Waals surface area contributed by atoms with Crippen molar-refractivity contribution < 1.29 is 14.3 Å². The van der Waals surface area contributed by atoms with E-state index in [2.05, 4.69) is 26.2 Å². The molecule has 6 heteroatoms. The molecule has 2 saturated heterocycles. The van der Waals surface area contributed by atoms with Crippen LogP contribution in [0.5, 0.6) is 0 Å². The van der Waals surface area contributed by atoms with Crippen molar-refractivity contribution >= 4 is 21.9 Å². The van der Waals surface area contributed by atoms with E-state index >= 15 is 0 Å². The van der Waals surface area contributed by atoms with Crippen LogP contribution in [-0.2, 0) is 19.9 Å². The first-order chi connectivity index (χ1) is 11.8. The van der Waals surface area contributed by atoms with E-state index in [-0.39, 0.29) is 12.6 Å². The van der Waals surface area contributed by atoms with Crippen molar-refractivity contribution in [2.24, 2.45) is 0 Å². The minimum absolute atomic E-state index is 0.0349. The molecule has 2 atom stereocenters. The molecule has 3 rings (SSSR count). The predicted octanol–water partition coefficient (Wildman–Crippen LogP) is 3.70. The van der Waals surface area contributed by atoms with Gasteiger partial charge in [0.1, 0.15) is 16.8 Å². The molecular weight excluding hydrogens is 384 g/mol. The average Bonchev–Trinajstić information content (AvgIpc) is 2.52. The normalized spacial score (nSPS) is 29.3. The highest BCUT2D eigenvalue weighted by Crippen LogP contribution is 2.42. The molecule has 2 bridgehead atoms. The van der Waals surface area contributed by atoms with E-state index in [1.54, 1.807) is 0 Å². The highest BCUT2D eigenvalue weighted by molar-refractivity contribution is 9.10. The van der Waals surface area contributed by atoms with Gasteiger partial charge in [0.15, 0.2) is 0 Å². The first kappa shape index (κ1) is 18.8. The van der Waals surface area contributed by atoms with Gasteiger partial charge in [-0.3, -0.25) is 0 Å². The van der Waals surface area contributed by atoms with Gasteiger partial charge in [0.25, 0.3) is 0 Å². The number of aromatic nitrogens is 1. The Morgan fingerprint density at radius 3 is 2.56 bits per heavy atom. The van der Waals surface area contributed by atoms with E-state index < -0.39 is 11.2 Å². The van der Waals surface area contributed by atoms with Gasteiger partial charge in [0, 0.05) is 23.8 Å². The Kier molecular flexibility index (Phi) is 5.51. The fourth-order valence-corrected chi connectivity index (χ4v) is 4.20. The average molecular weight is 411 g/mol. The molecular formula is C19H27BrN2O3. The van der Waals surface area contributed by atoms with Gasteiger partial charge in [-0.15, -0.1) is 0 Å². The molecule has 2 fully saturated rings. The SMILES string of the molecule is CC(C)(C)OC(=O)COC1(c2ccc(Br)nc2)CC2CCCC(C1)N2. The van der Waals surface area contributed by atoms with Crippen molar-refractivity contribution in [1.29, 1.82) is 0 Å². The second kappa shape index (κ2) is 7.33. The number of hydrogen-bond donors (Lipinski definition) is 1. The molecule has 2 unspecified atom stereocenters. The second-order valence-electron chi connectivity index (χ2n) is 8.14. The number of carbonyl (C=O) groups excluding carboxylic acids is 1. The second-order valence-corrected chi connectivity index (χ2v) is 8.95. The molecule has 5 nitrogen and oxygen atoms in total. The topological polar surface area (TPSA) is 60.5 Å². The molecule has 3 heterocycles. The molecule has 0 saturated carbocycles. The Morgan fingerprint density at radius 2 is 2.00 bits per heavy atom. The van der Waals surface area contributed by atoms with Gasteiger partial charge >= 0.3 is 5.97 Å². The standard InChI is InChI=1S/C19H27BrN2O3/c1-18(2,3)25-17(23)12-24-19(13-7-8-16(20)21-11-13)9-14-5-4-6-15(10-19)22-14/h7-8,11,14-15,22H,4-6,9-10,12H2,1-3H3. The maximum Gasteiger partial charge on any atom is 0.332 e. The molecule has 0 aliphatic carbocycles. The minimum Gasteiger partial charge on any atom is -0.458 e. The Balaban J connectivity index is 1.80. The van der Waals surface area contributed by atoms with Crippen molar-refractivity contribution in [3.63, 3.8) is 0 Å². The Bertz CT molecular complexity index is 600. The van der Waals surface area contributed by atoms with E-state index in [1.165, 1.54) is 6.42 Å². The lowest BCUT2D eigenvalue weighted by atomic mass is 9.74. The molecule has 0 radical (unpaired) electrons. The summed E-state index contributed by atoms with van der Waals surface area (Å²) in [6.07, 6.45) is 7.13. The summed E-state index contributed by atoms with van der Waals surface area (Å²) in [5.41, 5.74) is 0.0564. The Hall–Kier alpha value is -0.980. The van der Waals surface area contributed by atoms with Crippen molar-refractivity contribution in [2.45, 2.75) is 76.2 Å². The fraction of sp³-hybridized carbons (Fsp3) is 0.684. The van der Waals surface area contributed by atoms with Gasteiger partial charge in [-0.1, -0.05) is 12.5 Å². The first-order valence-electron chi connectivity index (χ1n) is 9.00. The zero-order valence-electron chi connectivity index (χ0n) is 15.2. The number of ether oxygens (including phenoxy) is 2. The Morgan fingerprint density at radius 1 is 1.32 bits per heavy atom. The molecule has 0 amide bonds. The molecule has 2 aliphatic heterocycles. The number of rotatable bonds is 4. The summed E-state index contributed by atoms with van der Waals surface area (Å²) in [4.78, 5) is 16.6.